The molecule has 94 valence electrons. The van der Waals surface area contributed by atoms with E-state index in [9.17, 15) is 9.59 Å². The van der Waals surface area contributed by atoms with Gasteiger partial charge >= 0.3 is 5.97 Å². The van der Waals surface area contributed by atoms with Crippen LogP contribution >= 0.6 is 0 Å². The molecule has 1 amide bonds. The third-order valence-corrected chi connectivity index (χ3v) is 3.84. The number of carbonyl (C=O) groups is 2. The van der Waals surface area contributed by atoms with Crippen molar-refractivity contribution in [2.75, 3.05) is 0 Å². The van der Waals surface area contributed by atoms with Crippen LogP contribution in [0.4, 0.5) is 0 Å². The van der Waals surface area contributed by atoms with Crippen LogP contribution < -0.4 is 5.32 Å². The maximum atomic E-state index is 11.9. The van der Waals surface area contributed by atoms with Crippen molar-refractivity contribution in [2.24, 2.45) is 11.8 Å². The summed E-state index contributed by atoms with van der Waals surface area (Å²) in [7, 11) is 0. The minimum Gasteiger partial charge on any atom is -0.481 e. The lowest BCUT2D eigenvalue weighted by atomic mass is 10.1. The Morgan fingerprint density at radius 3 is 2.22 bits per heavy atom. The number of nitrogens with one attached hydrogen (secondary N) is 1. The molecule has 0 heterocycles. The maximum absolute atomic E-state index is 11.9. The SMILES string of the molecule is O=C(O)[C@H]1C[C@H]1C(=O)NC1Cc2ccccc2C1. The molecule has 4 heteroatoms. The fraction of sp³-hybridized carbons (Fsp3) is 0.429. The van der Waals surface area contributed by atoms with Crippen LogP contribution in [-0.2, 0) is 22.4 Å². The van der Waals surface area contributed by atoms with Crippen molar-refractivity contribution in [1.29, 1.82) is 0 Å². The number of benzene rings is 1. The number of amides is 1. The zero-order chi connectivity index (χ0) is 12.7. The Bertz CT molecular complexity index is 487. The maximum Gasteiger partial charge on any atom is 0.307 e. The molecule has 1 saturated carbocycles. The minimum absolute atomic E-state index is 0.0970. The van der Waals surface area contributed by atoms with Gasteiger partial charge in [0.25, 0.3) is 0 Å². The topological polar surface area (TPSA) is 66.4 Å². The van der Waals surface area contributed by atoms with Crippen LogP contribution in [0.25, 0.3) is 0 Å². The molecule has 0 bridgehead atoms. The average Bonchev–Trinajstić information content (AvgIpc) is 3.04. The number of hydrogen-bond acceptors (Lipinski definition) is 2. The van der Waals surface area contributed by atoms with E-state index in [-0.39, 0.29) is 17.9 Å². The molecule has 2 atom stereocenters. The van der Waals surface area contributed by atoms with E-state index in [4.69, 9.17) is 5.11 Å². The van der Waals surface area contributed by atoms with Crippen LogP contribution in [0.3, 0.4) is 0 Å². The van der Waals surface area contributed by atoms with E-state index in [0.29, 0.717) is 6.42 Å². The zero-order valence-electron chi connectivity index (χ0n) is 9.93. The molecular weight excluding hydrogens is 230 g/mol. The standard InChI is InChI=1S/C14H15NO3/c16-13(11-7-12(11)14(17)18)15-10-5-8-3-1-2-4-9(8)6-10/h1-4,10-12H,5-7H2,(H,15,16)(H,17,18)/t11-,12+/m1/s1. The van der Waals surface area contributed by atoms with Gasteiger partial charge in [-0.2, -0.15) is 0 Å². The van der Waals surface area contributed by atoms with Crippen LogP contribution in [0.5, 0.6) is 0 Å². The Hall–Kier alpha value is -1.84. The lowest BCUT2D eigenvalue weighted by Gasteiger charge is -2.11. The molecule has 0 aromatic heterocycles. The number of aliphatic carboxylic acids is 1. The highest BCUT2D eigenvalue weighted by molar-refractivity contribution is 5.89. The van der Waals surface area contributed by atoms with Gasteiger partial charge in [-0.1, -0.05) is 24.3 Å². The smallest absolute Gasteiger partial charge is 0.307 e. The first-order valence-electron chi connectivity index (χ1n) is 6.25. The molecule has 1 aromatic rings. The Balaban J connectivity index is 1.57. The lowest BCUT2D eigenvalue weighted by Crippen LogP contribution is -2.37. The Labute approximate surface area is 105 Å². The van der Waals surface area contributed by atoms with Crippen molar-refractivity contribution in [3.63, 3.8) is 0 Å². The number of carbonyl (C=O) groups excluding carboxylic acids is 1. The molecular formula is C14H15NO3. The second-order valence-corrected chi connectivity index (χ2v) is 5.17. The summed E-state index contributed by atoms with van der Waals surface area (Å²) in [6, 6.07) is 8.30. The fourth-order valence-corrected chi connectivity index (χ4v) is 2.73. The van der Waals surface area contributed by atoms with Crippen molar-refractivity contribution in [3.05, 3.63) is 35.4 Å². The van der Waals surface area contributed by atoms with Gasteiger partial charge in [0.1, 0.15) is 0 Å². The summed E-state index contributed by atoms with van der Waals surface area (Å²) in [6.07, 6.45) is 2.19. The van der Waals surface area contributed by atoms with Gasteiger partial charge in [0.05, 0.1) is 11.8 Å². The number of carboxylic acids is 1. The van der Waals surface area contributed by atoms with E-state index in [1.807, 2.05) is 12.1 Å². The minimum atomic E-state index is -0.857. The van der Waals surface area contributed by atoms with Crippen molar-refractivity contribution in [1.82, 2.24) is 5.32 Å². The van der Waals surface area contributed by atoms with E-state index < -0.39 is 11.9 Å². The summed E-state index contributed by atoms with van der Waals surface area (Å²) in [5, 5.41) is 11.8. The first-order chi connectivity index (χ1) is 8.65. The highest BCUT2D eigenvalue weighted by atomic mass is 16.4. The molecule has 2 aliphatic carbocycles. The lowest BCUT2D eigenvalue weighted by molar-refractivity contribution is -0.140. The third kappa shape index (κ3) is 1.98. The Morgan fingerprint density at radius 1 is 1.11 bits per heavy atom. The van der Waals surface area contributed by atoms with E-state index in [2.05, 4.69) is 17.4 Å². The van der Waals surface area contributed by atoms with Crippen LogP contribution in [0, 0.1) is 11.8 Å². The van der Waals surface area contributed by atoms with E-state index in [0.717, 1.165) is 12.8 Å². The number of fused-ring (bicyclic) bond motifs is 1. The highest BCUT2D eigenvalue weighted by Gasteiger charge is 2.48. The van der Waals surface area contributed by atoms with Gasteiger partial charge in [0.2, 0.25) is 5.91 Å². The van der Waals surface area contributed by atoms with Crippen LogP contribution in [-0.4, -0.2) is 23.0 Å². The molecule has 1 fully saturated rings. The van der Waals surface area contributed by atoms with Gasteiger partial charge in [-0.05, 0) is 30.4 Å². The predicted molar refractivity (Wildman–Crippen MR) is 65.0 cm³/mol. The van der Waals surface area contributed by atoms with Crippen LogP contribution in [0.15, 0.2) is 24.3 Å². The molecule has 2 N–H and O–H groups in total. The molecule has 0 radical (unpaired) electrons. The summed E-state index contributed by atoms with van der Waals surface area (Å²) in [5.74, 6) is -1.73. The second kappa shape index (κ2) is 4.12. The van der Waals surface area contributed by atoms with Gasteiger partial charge in [0, 0.05) is 6.04 Å². The van der Waals surface area contributed by atoms with E-state index in [1.165, 1.54) is 11.1 Å². The molecule has 0 aliphatic heterocycles. The summed E-state index contributed by atoms with van der Waals surface area (Å²) in [5.41, 5.74) is 2.57. The molecule has 4 nitrogen and oxygen atoms in total. The predicted octanol–water partition coefficient (Wildman–Crippen LogP) is 0.991. The van der Waals surface area contributed by atoms with Gasteiger partial charge in [-0.25, -0.2) is 0 Å². The number of hydrogen-bond donors (Lipinski definition) is 2. The normalized spacial score (nSPS) is 25.6. The Kier molecular flexibility index (Phi) is 2.58. The van der Waals surface area contributed by atoms with Crippen molar-refractivity contribution in [3.8, 4) is 0 Å². The van der Waals surface area contributed by atoms with Gasteiger partial charge in [0.15, 0.2) is 0 Å². The number of rotatable bonds is 3. The van der Waals surface area contributed by atoms with Gasteiger partial charge in [-0.15, -0.1) is 0 Å². The van der Waals surface area contributed by atoms with Gasteiger partial charge < -0.3 is 10.4 Å². The monoisotopic (exact) mass is 245 g/mol. The molecule has 18 heavy (non-hydrogen) atoms. The fourth-order valence-electron chi connectivity index (χ4n) is 2.73. The highest BCUT2D eigenvalue weighted by Crippen LogP contribution is 2.39. The first-order valence-corrected chi connectivity index (χ1v) is 6.25. The molecule has 0 spiro atoms. The van der Waals surface area contributed by atoms with Crippen LogP contribution in [0.1, 0.15) is 17.5 Å². The molecule has 0 unspecified atom stereocenters. The second-order valence-electron chi connectivity index (χ2n) is 5.17. The summed E-state index contributed by atoms with van der Waals surface area (Å²) in [4.78, 5) is 22.6. The summed E-state index contributed by atoms with van der Waals surface area (Å²) in [6.45, 7) is 0. The van der Waals surface area contributed by atoms with Gasteiger partial charge in [-0.3, -0.25) is 9.59 Å². The van der Waals surface area contributed by atoms with E-state index >= 15 is 0 Å². The average molecular weight is 245 g/mol. The number of carboxylic acid groups (broad SMARTS) is 1. The zero-order valence-corrected chi connectivity index (χ0v) is 9.93. The summed E-state index contributed by atoms with van der Waals surface area (Å²) < 4.78 is 0. The van der Waals surface area contributed by atoms with Crippen LogP contribution in [0.2, 0.25) is 0 Å². The largest absolute Gasteiger partial charge is 0.481 e. The molecule has 3 rings (SSSR count). The summed E-state index contributed by atoms with van der Waals surface area (Å²) >= 11 is 0. The first kappa shape index (κ1) is 11.3. The van der Waals surface area contributed by atoms with E-state index in [1.54, 1.807) is 0 Å². The molecule has 0 saturated heterocycles. The molecule has 1 aromatic carbocycles. The van der Waals surface area contributed by atoms with Crippen molar-refractivity contribution < 1.29 is 14.7 Å². The quantitative estimate of drug-likeness (QED) is 0.834. The Morgan fingerprint density at radius 2 is 1.72 bits per heavy atom. The third-order valence-electron chi connectivity index (χ3n) is 3.84. The molecule has 2 aliphatic rings. The van der Waals surface area contributed by atoms with Crippen molar-refractivity contribution in [2.45, 2.75) is 25.3 Å². The van der Waals surface area contributed by atoms with Crippen molar-refractivity contribution >= 4 is 11.9 Å².